The van der Waals surface area contributed by atoms with Gasteiger partial charge in [0.05, 0.1) is 12.5 Å². The van der Waals surface area contributed by atoms with Crippen molar-refractivity contribution in [1.29, 1.82) is 0 Å². The van der Waals surface area contributed by atoms with Crippen molar-refractivity contribution in [3.05, 3.63) is 70.2 Å². The van der Waals surface area contributed by atoms with Gasteiger partial charge in [0.2, 0.25) is 11.8 Å². The molecule has 2 N–H and O–H groups in total. The average Bonchev–Trinajstić information content (AvgIpc) is 2.74. The number of carbonyl (C=O) groups excluding carboxylic acids is 3. The summed E-state index contributed by atoms with van der Waals surface area (Å²) in [7, 11) is 0. The third-order valence-electron chi connectivity index (χ3n) is 5.25. The number of nitrogens with one attached hydrogen (secondary N) is 2. The van der Waals surface area contributed by atoms with Crippen molar-refractivity contribution in [1.82, 2.24) is 15.5 Å². The van der Waals surface area contributed by atoms with Gasteiger partial charge in [0.25, 0.3) is 5.91 Å². The lowest BCUT2D eigenvalue weighted by Gasteiger charge is -2.33. The van der Waals surface area contributed by atoms with Gasteiger partial charge >= 0.3 is 0 Å². The van der Waals surface area contributed by atoms with Crippen molar-refractivity contribution in [3.63, 3.8) is 0 Å². The second-order valence-corrected chi connectivity index (χ2v) is 8.42. The van der Waals surface area contributed by atoms with Crippen LogP contribution in [0.15, 0.2) is 59.1 Å². The number of hydrogen-bond acceptors (Lipinski definition) is 3. The molecule has 30 heavy (non-hydrogen) atoms. The summed E-state index contributed by atoms with van der Waals surface area (Å²) in [5, 5.41) is 5.93. The molecule has 0 spiro atoms. The number of amides is 3. The summed E-state index contributed by atoms with van der Waals surface area (Å²) in [5.41, 5.74) is 1.54. The predicted molar refractivity (Wildman–Crippen MR) is 119 cm³/mol. The maximum absolute atomic E-state index is 12.9. The summed E-state index contributed by atoms with van der Waals surface area (Å²) in [4.78, 5) is 38.6. The first-order chi connectivity index (χ1) is 14.4. The Bertz CT molecular complexity index is 878. The molecule has 1 aliphatic heterocycles. The molecule has 3 amide bonds. The van der Waals surface area contributed by atoms with Crippen molar-refractivity contribution >= 4 is 33.7 Å². The highest BCUT2D eigenvalue weighted by molar-refractivity contribution is 9.10. The summed E-state index contributed by atoms with van der Waals surface area (Å²) in [6.45, 7) is 2.63. The van der Waals surface area contributed by atoms with Crippen LogP contribution in [0.3, 0.4) is 0 Å². The lowest BCUT2D eigenvalue weighted by molar-refractivity contribution is -0.133. The summed E-state index contributed by atoms with van der Waals surface area (Å²) < 4.78 is 0.943. The van der Waals surface area contributed by atoms with Crippen LogP contribution in [-0.4, -0.2) is 41.8 Å². The first-order valence-corrected chi connectivity index (χ1v) is 10.9. The zero-order valence-electron chi connectivity index (χ0n) is 16.9. The molecular weight excluding hydrogens is 446 g/mol. The monoisotopic (exact) mass is 471 g/mol. The largest absolute Gasteiger partial charge is 0.349 e. The zero-order valence-corrected chi connectivity index (χ0v) is 18.5. The van der Waals surface area contributed by atoms with Crippen LogP contribution >= 0.6 is 15.9 Å². The summed E-state index contributed by atoms with van der Waals surface area (Å²) in [6, 6.07) is 16.4. The molecule has 0 radical (unpaired) electrons. The minimum atomic E-state index is -0.362. The van der Waals surface area contributed by atoms with Gasteiger partial charge in [0.1, 0.15) is 0 Å². The molecule has 2 aromatic carbocycles. The molecule has 1 saturated heterocycles. The second-order valence-electron chi connectivity index (χ2n) is 7.50. The van der Waals surface area contributed by atoms with E-state index < -0.39 is 0 Å². The Morgan fingerprint density at radius 2 is 1.67 bits per heavy atom. The first-order valence-electron chi connectivity index (χ1n) is 10.1. The van der Waals surface area contributed by atoms with Crippen LogP contribution in [0.25, 0.3) is 0 Å². The van der Waals surface area contributed by atoms with E-state index in [4.69, 9.17) is 0 Å². The van der Waals surface area contributed by atoms with E-state index in [0.717, 1.165) is 10.0 Å². The minimum absolute atomic E-state index is 0.00417. The van der Waals surface area contributed by atoms with Crippen LogP contribution < -0.4 is 10.6 Å². The van der Waals surface area contributed by atoms with Crippen LogP contribution in [0, 0.1) is 0 Å². The molecule has 158 valence electrons. The van der Waals surface area contributed by atoms with E-state index in [0.29, 0.717) is 31.5 Å². The third kappa shape index (κ3) is 6.16. The van der Waals surface area contributed by atoms with Crippen molar-refractivity contribution in [2.45, 2.75) is 38.3 Å². The summed E-state index contributed by atoms with van der Waals surface area (Å²) in [6.07, 6.45) is 1.64. The molecule has 1 atom stereocenters. The molecule has 1 heterocycles. The summed E-state index contributed by atoms with van der Waals surface area (Å²) in [5.74, 6) is -0.246. The van der Waals surface area contributed by atoms with Gasteiger partial charge in [-0.25, -0.2) is 0 Å². The maximum atomic E-state index is 12.9. The van der Waals surface area contributed by atoms with Crippen molar-refractivity contribution < 1.29 is 14.4 Å². The van der Waals surface area contributed by atoms with Gasteiger partial charge in [0, 0.05) is 36.1 Å². The lowest BCUT2D eigenvalue weighted by Crippen LogP contribution is -2.47. The van der Waals surface area contributed by atoms with E-state index >= 15 is 0 Å². The Morgan fingerprint density at radius 3 is 2.27 bits per heavy atom. The van der Waals surface area contributed by atoms with E-state index in [-0.39, 0.29) is 36.2 Å². The van der Waals surface area contributed by atoms with Crippen LogP contribution in [0.2, 0.25) is 0 Å². The van der Waals surface area contributed by atoms with Crippen molar-refractivity contribution in [3.8, 4) is 0 Å². The van der Waals surface area contributed by atoms with Gasteiger partial charge in [-0.3, -0.25) is 14.4 Å². The molecule has 2 aromatic rings. The maximum Gasteiger partial charge on any atom is 0.251 e. The van der Waals surface area contributed by atoms with Crippen molar-refractivity contribution in [2.75, 3.05) is 13.1 Å². The number of hydrogen-bond donors (Lipinski definition) is 2. The van der Waals surface area contributed by atoms with E-state index in [1.165, 1.54) is 6.92 Å². The minimum Gasteiger partial charge on any atom is -0.349 e. The number of rotatable bonds is 6. The van der Waals surface area contributed by atoms with Gasteiger partial charge in [-0.2, -0.15) is 0 Å². The highest BCUT2D eigenvalue weighted by Gasteiger charge is 2.26. The Hall–Kier alpha value is -2.67. The quantitative estimate of drug-likeness (QED) is 0.676. The molecule has 0 saturated carbocycles. The lowest BCUT2D eigenvalue weighted by atomic mass is 10.0. The normalized spacial score (nSPS) is 15.3. The van der Waals surface area contributed by atoms with Gasteiger partial charge < -0.3 is 15.5 Å². The number of benzene rings is 2. The SMILES string of the molecule is CC(=O)NC(CC(=O)N1CCC(NC(=O)c2ccccc2)CC1)c1ccc(Br)cc1. The van der Waals surface area contributed by atoms with Crippen LogP contribution in [0.4, 0.5) is 0 Å². The van der Waals surface area contributed by atoms with Crippen LogP contribution in [0.1, 0.15) is 48.1 Å². The smallest absolute Gasteiger partial charge is 0.251 e. The molecule has 1 unspecified atom stereocenters. The van der Waals surface area contributed by atoms with Gasteiger partial charge in [-0.05, 0) is 42.7 Å². The number of piperidine rings is 1. The number of carbonyl (C=O) groups is 3. The Labute approximate surface area is 185 Å². The topological polar surface area (TPSA) is 78.5 Å². The Morgan fingerprint density at radius 1 is 1.03 bits per heavy atom. The fraction of sp³-hybridized carbons (Fsp3) is 0.348. The molecule has 0 aromatic heterocycles. The van der Waals surface area contributed by atoms with Crippen LogP contribution in [0.5, 0.6) is 0 Å². The Kier molecular flexibility index (Phi) is 7.63. The number of halogens is 1. The van der Waals surface area contributed by atoms with E-state index in [9.17, 15) is 14.4 Å². The second kappa shape index (κ2) is 10.4. The van der Waals surface area contributed by atoms with Gasteiger partial charge in [0.15, 0.2) is 0 Å². The molecule has 3 rings (SSSR count). The summed E-state index contributed by atoms with van der Waals surface area (Å²) >= 11 is 3.40. The van der Waals surface area contributed by atoms with Gasteiger partial charge in [-0.1, -0.05) is 46.3 Å². The van der Waals surface area contributed by atoms with E-state index in [1.54, 1.807) is 12.1 Å². The van der Waals surface area contributed by atoms with Crippen LogP contribution in [-0.2, 0) is 9.59 Å². The zero-order chi connectivity index (χ0) is 21.5. The molecule has 0 bridgehead atoms. The molecule has 1 fully saturated rings. The van der Waals surface area contributed by atoms with E-state index in [2.05, 4.69) is 26.6 Å². The Balaban J connectivity index is 1.53. The third-order valence-corrected chi connectivity index (χ3v) is 5.78. The first kappa shape index (κ1) is 22.0. The number of likely N-dealkylation sites (tertiary alicyclic amines) is 1. The molecule has 6 nitrogen and oxygen atoms in total. The molecular formula is C23H26BrN3O3. The highest BCUT2D eigenvalue weighted by atomic mass is 79.9. The van der Waals surface area contributed by atoms with Gasteiger partial charge in [-0.15, -0.1) is 0 Å². The predicted octanol–water partition coefficient (Wildman–Crippen LogP) is 3.44. The van der Waals surface area contributed by atoms with E-state index in [1.807, 2.05) is 47.4 Å². The molecule has 1 aliphatic rings. The average molecular weight is 472 g/mol. The molecule has 7 heteroatoms. The number of nitrogens with zero attached hydrogens (tertiary/aromatic N) is 1. The highest BCUT2D eigenvalue weighted by Crippen LogP contribution is 2.22. The standard InChI is InChI=1S/C23H26BrN3O3/c1-16(28)25-21(17-7-9-19(24)10-8-17)15-22(29)27-13-11-20(12-14-27)26-23(30)18-5-3-2-4-6-18/h2-10,20-21H,11-15H2,1H3,(H,25,28)(H,26,30). The fourth-order valence-corrected chi connectivity index (χ4v) is 3.89. The van der Waals surface area contributed by atoms with Crippen molar-refractivity contribution in [2.24, 2.45) is 0 Å². The fourth-order valence-electron chi connectivity index (χ4n) is 3.63. The molecule has 0 aliphatic carbocycles.